The Labute approximate surface area is 109 Å². The molecule has 5 nitrogen and oxygen atoms in total. The first-order chi connectivity index (χ1) is 8.88. The second-order valence-electron chi connectivity index (χ2n) is 5.01. The van der Waals surface area contributed by atoms with E-state index in [9.17, 15) is 0 Å². The predicted molar refractivity (Wildman–Crippen MR) is 70.2 cm³/mol. The van der Waals surface area contributed by atoms with E-state index < -0.39 is 0 Å². The van der Waals surface area contributed by atoms with Crippen molar-refractivity contribution in [3.63, 3.8) is 0 Å². The first-order valence-electron chi connectivity index (χ1n) is 7.06. The molecule has 5 heteroatoms. The van der Waals surface area contributed by atoms with Crippen LogP contribution >= 0.6 is 0 Å². The van der Waals surface area contributed by atoms with Gasteiger partial charge in [-0.2, -0.15) is 0 Å². The van der Waals surface area contributed by atoms with E-state index in [1.54, 1.807) is 0 Å². The summed E-state index contributed by atoms with van der Waals surface area (Å²) in [6, 6.07) is 0. The Kier molecular flexibility index (Phi) is 5.61. The smallest absolute Gasteiger partial charge is 0.0964 e. The zero-order valence-electron chi connectivity index (χ0n) is 11.3. The van der Waals surface area contributed by atoms with Gasteiger partial charge in [0.2, 0.25) is 0 Å². The van der Waals surface area contributed by atoms with E-state index in [2.05, 4.69) is 22.6 Å². The Bertz CT molecular complexity index is 335. The topological polar surface area (TPSA) is 52.0 Å². The molecule has 1 saturated carbocycles. The number of ether oxygens (including phenoxy) is 1. The number of nitrogens with one attached hydrogen (secondary N) is 1. The lowest BCUT2D eigenvalue weighted by Crippen LogP contribution is -2.16. The van der Waals surface area contributed by atoms with Crippen LogP contribution in [0.3, 0.4) is 0 Å². The molecule has 1 aromatic heterocycles. The Hall–Kier alpha value is -0.940. The van der Waals surface area contributed by atoms with Crippen molar-refractivity contribution in [1.29, 1.82) is 0 Å². The van der Waals surface area contributed by atoms with Crippen LogP contribution in [0.4, 0.5) is 0 Å². The molecule has 0 aliphatic heterocycles. The predicted octanol–water partition coefficient (Wildman–Crippen LogP) is 1.59. The van der Waals surface area contributed by atoms with Gasteiger partial charge in [-0.05, 0) is 31.7 Å². The van der Waals surface area contributed by atoms with Crippen molar-refractivity contribution in [1.82, 2.24) is 20.3 Å². The molecule has 0 unspecified atom stereocenters. The lowest BCUT2D eigenvalue weighted by molar-refractivity contribution is 0.120. The van der Waals surface area contributed by atoms with Crippen LogP contribution in [0.5, 0.6) is 0 Å². The summed E-state index contributed by atoms with van der Waals surface area (Å²) in [6.45, 7) is 6.47. The minimum atomic E-state index is 0.721. The highest BCUT2D eigenvalue weighted by atomic mass is 16.5. The number of hydrogen-bond acceptors (Lipinski definition) is 4. The van der Waals surface area contributed by atoms with E-state index >= 15 is 0 Å². The standard InChI is InChI=1S/C13H24N4O/c1-2-3-7-18-8-6-17-11-13(15-16-17)10-14-9-12-4-5-12/h11-12,14H,2-10H2,1H3. The Morgan fingerprint density at radius 2 is 2.33 bits per heavy atom. The van der Waals surface area contributed by atoms with Gasteiger partial charge < -0.3 is 10.1 Å². The fourth-order valence-corrected chi connectivity index (χ4v) is 1.76. The average Bonchev–Trinajstić information content (AvgIpc) is 3.08. The minimum absolute atomic E-state index is 0.721. The van der Waals surface area contributed by atoms with Crippen molar-refractivity contribution < 1.29 is 4.74 Å². The van der Waals surface area contributed by atoms with Crippen molar-refractivity contribution in [2.24, 2.45) is 5.92 Å². The molecule has 0 radical (unpaired) electrons. The minimum Gasteiger partial charge on any atom is -0.380 e. The highest BCUT2D eigenvalue weighted by Crippen LogP contribution is 2.27. The fourth-order valence-electron chi connectivity index (χ4n) is 1.76. The second-order valence-corrected chi connectivity index (χ2v) is 5.01. The van der Waals surface area contributed by atoms with E-state index in [1.165, 1.54) is 19.3 Å². The van der Waals surface area contributed by atoms with Crippen LogP contribution in [0.2, 0.25) is 0 Å². The van der Waals surface area contributed by atoms with Gasteiger partial charge in [0.05, 0.1) is 18.8 Å². The summed E-state index contributed by atoms with van der Waals surface area (Å²) in [6.07, 6.45) is 7.08. The van der Waals surface area contributed by atoms with Crippen LogP contribution in [0.25, 0.3) is 0 Å². The third-order valence-electron chi connectivity index (χ3n) is 3.13. The molecule has 102 valence electrons. The molecule has 1 N–H and O–H groups in total. The normalized spacial score (nSPS) is 15.2. The third-order valence-corrected chi connectivity index (χ3v) is 3.13. The van der Waals surface area contributed by atoms with Crippen molar-refractivity contribution in [3.8, 4) is 0 Å². The molecule has 0 aromatic carbocycles. The quantitative estimate of drug-likeness (QED) is 0.643. The van der Waals surface area contributed by atoms with Gasteiger partial charge in [0, 0.05) is 19.3 Å². The van der Waals surface area contributed by atoms with Crippen molar-refractivity contribution >= 4 is 0 Å². The summed E-state index contributed by atoms with van der Waals surface area (Å²) >= 11 is 0. The Morgan fingerprint density at radius 1 is 1.44 bits per heavy atom. The summed E-state index contributed by atoms with van der Waals surface area (Å²) in [7, 11) is 0. The number of aromatic nitrogens is 3. The van der Waals surface area contributed by atoms with Crippen LogP contribution in [-0.4, -0.2) is 34.8 Å². The molecular weight excluding hydrogens is 228 g/mol. The molecule has 1 aliphatic carbocycles. The highest BCUT2D eigenvalue weighted by Gasteiger charge is 2.20. The summed E-state index contributed by atoms with van der Waals surface area (Å²) in [5.41, 5.74) is 1.02. The van der Waals surface area contributed by atoms with Gasteiger partial charge in [-0.15, -0.1) is 5.10 Å². The molecule has 0 bridgehead atoms. The van der Waals surface area contributed by atoms with Crippen molar-refractivity contribution in [3.05, 3.63) is 11.9 Å². The first-order valence-corrected chi connectivity index (χ1v) is 7.06. The van der Waals surface area contributed by atoms with Gasteiger partial charge in [0.1, 0.15) is 0 Å². The fraction of sp³-hybridized carbons (Fsp3) is 0.846. The lowest BCUT2D eigenvalue weighted by Gasteiger charge is -2.02. The average molecular weight is 252 g/mol. The van der Waals surface area contributed by atoms with E-state index in [1.807, 2.05) is 10.9 Å². The molecule has 2 rings (SSSR count). The van der Waals surface area contributed by atoms with Crippen molar-refractivity contribution in [2.45, 2.75) is 45.7 Å². The molecule has 0 spiro atoms. The summed E-state index contributed by atoms with van der Waals surface area (Å²) in [5, 5.41) is 11.7. The summed E-state index contributed by atoms with van der Waals surface area (Å²) in [5.74, 6) is 0.909. The SMILES string of the molecule is CCCCOCCn1cc(CNCC2CC2)nn1. The molecule has 0 amide bonds. The van der Waals surface area contributed by atoms with Crippen LogP contribution in [0, 0.1) is 5.92 Å². The maximum atomic E-state index is 5.50. The van der Waals surface area contributed by atoms with Crippen LogP contribution in [0.1, 0.15) is 38.3 Å². The number of rotatable bonds is 10. The zero-order chi connectivity index (χ0) is 12.6. The van der Waals surface area contributed by atoms with E-state index in [4.69, 9.17) is 4.74 Å². The van der Waals surface area contributed by atoms with Crippen molar-refractivity contribution in [2.75, 3.05) is 19.8 Å². The van der Waals surface area contributed by atoms with Crippen LogP contribution < -0.4 is 5.32 Å². The molecule has 1 fully saturated rings. The van der Waals surface area contributed by atoms with E-state index in [-0.39, 0.29) is 0 Å². The molecule has 18 heavy (non-hydrogen) atoms. The van der Waals surface area contributed by atoms with Gasteiger partial charge in [-0.25, -0.2) is 4.68 Å². The van der Waals surface area contributed by atoms with Gasteiger partial charge in [0.25, 0.3) is 0 Å². The van der Waals surface area contributed by atoms with Gasteiger partial charge in [-0.1, -0.05) is 18.6 Å². The Morgan fingerprint density at radius 3 is 3.11 bits per heavy atom. The highest BCUT2D eigenvalue weighted by molar-refractivity contribution is 4.92. The summed E-state index contributed by atoms with van der Waals surface area (Å²) in [4.78, 5) is 0. The second kappa shape index (κ2) is 7.48. The lowest BCUT2D eigenvalue weighted by atomic mass is 10.4. The molecule has 1 aliphatic rings. The molecule has 0 atom stereocenters. The molecule has 0 saturated heterocycles. The zero-order valence-corrected chi connectivity index (χ0v) is 11.3. The van der Waals surface area contributed by atoms with E-state index in [0.29, 0.717) is 0 Å². The monoisotopic (exact) mass is 252 g/mol. The van der Waals surface area contributed by atoms with Gasteiger partial charge >= 0.3 is 0 Å². The Balaban J connectivity index is 1.56. The molecule has 1 heterocycles. The largest absolute Gasteiger partial charge is 0.380 e. The molecular formula is C13H24N4O. The number of hydrogen-bond donors (Lipinski definition) is 1. The van der Waals surface area contributed by atoms with Crippen LogP contribution in [0.15, 0.2) is 6.20 Å². The van der Waals surface area contributed by atoms with Gasteiger partial charge in [0.15, 0.2) is 0 Å². The molecule has 1 aromatic rings. The third kappa shape index (κ3) is 5.14. The number of unbranched alkanes of at least 4 members (excludes halogenated alkanes) is 1. The van der Waals surface area contributed by atoms with E-state index in [0.717, 1.165) is 50.9 Å². The first kappa shape index (κ1) is 13.5. The maximum Gasteiger partial charge on any atom is 0.0964 e. The summed E-state index contributed by atoms with van der Waals surface area (Å²) < 4.78 is 7.37. The van der Waals surface area contributed by atoms with Crippen LogP contribution in [-0.2, 0) is 17.8 Å². The number of nitrogens with zero attached hydrogens (tertiary/aromatic N) is 3. The maximum absolute atomic E-state index is 5.50. The van der Waals surface area contributed by atoms with Gasteiger partial charge in [-0.3, -0.25) is 0 Å².